The fourth-order valence-electron chi connectivity index (χ4n) is 1.46. The molecule has 1 aromatic carbocycles. The van der Waals surface area contributed by atoms with Gasteiger partial charge < -0.3 is 9.47 Å². The Morgan fingerprint density at radius 2 is 2.00 bits per heavy atom. The first-order valence-electron chi connectivity index (χ1n) is 6.13. The zero-order chi connectivity index (χ0) is 15.8. The van der Waals surface area contributed by atoms with Gasteiger partial charge in [0.15, 0.2) is 0 Å². The van der Waals surface area contributed by atoms with Crippen LogP contribution in [0.5, 0.6) is 5.75 Å². The van der Waals surface area contributed by atoms with Crippen molar-refractivity contribution < 1.29 is 19.1 Å². The van der Waals surface area contributed by atoms with Crippen molar-refractivity contribution in [1.82, 2.24) is 0 Å². The molecule has 0 fully saturated rings. The van der Waals surface area contributed by atoms with Crippen molar-refractivity contribution in [2.75, 3.05) is 7.11 Å². The first kappa shape index (κ1) is 16.2. The lowest BCUT2D eigenvalue weighted by Gasteiger charge is -2.03. The molecule has 0 N–H and O–H groups in total. The van der Waals surface area contributed by atoms with Gasteiger partial charge in [-0.25, -0.2) is 9.59 Å². The number of esters is 2. The lowest BCUT2D eigenvalue weighted by atomic mass is 10.1. The monoisotopic (exact) mass is 285 g/mol. The largest absolute Gasteiger partial charge is 0.465 e. The van der Waals surface area contributed by atoms with Gasteiger partial charge in [0.05, 0.1) is 7.11 Å². The van der Waals surface area contributed by atoms with E-state index >= 15 is 0 Å². The first-order valence-corrected chi connectivity index (χ1v) is 6.13. The molecule has 1 aromatic rings. The highest BCUT2D eigenvalue weighted by Gasteiger charge is 2.09. The van der Waals surface area contributed by atoms with Crippen molar-refractivity contribution in [3.63, 3.8) is 0 Å². The van der Waals surface area contributed by atoms with Crippen LogP contribution in [-0.4, -0.2) is 19.0 Å². The Labute approximate surface area is 123 Å². The molecule has 0 saturated carbocycles. The molecule has 0 aliphatic carbocycles. The van der Waals surface area contributed by atoms with Crippen LogP contribution < -0.4 is 4.74 Å². The molecular formula is C16H15NO4. The molecule has 0 unspecified atom stereocenters. The van der Waals surface area contributed by atoms with Crippen molar-refractivity contribution in [3.8, 4) is 11.8 Å². The summed E-state index contributed by atoms with van der Waals surface area (Å²) in [4.78, 5) is 22.9. The van der Waals surface area contributed by atoms with Crippen LogP contribution in [0.25, 0.3) is 6.08 Å². The average Bonchev–Trinajstić information content (AvgIpc) is 2.43. The van der Waals surface area contributed by atoms with Crippen LogP contribution in [0, 0.1) is 11.3 Å². The highest BCUT2D eigenvalue weighted by atomic mass is 16.5. The molecule has 5 heteroatoms. The lowest BCUT2D eigenvalue weighted by Crippen LogP contribution is -2.05. The standard InChI is InChI=1S/C16H15NO4/c1-11(2)7-15(18)21-14-6-4-5-12(9-14)8-13(10-17)16(19)20-3/h4-9H,1-3H3/b13-8+. The van der Waals surface area contributed by atoms with Gasteiger partial charge in [-0.3, -0.25) is 0 Å². The van der Waals surface area contributed by atoms with Crippen molar-refractivity contribution in [3.05, 3.63) is 47.1 Å². The van der Waals surface area contributed by atoms with E-state index < -0.39 is 11.9 Å². The summed E-state index contributed by atoms with van der Waals surface area (Å²) in [5.41, 5.74) is 1.25. The summed E-state index contributed by atoms with van der Waals surface area (Å²) < 4.78 is 9.62. The number of ether oxygens (including phenoxy) is 2. The summed E-state index contributed by atoms with van der Waals surface area (Å²) >= 11 is 0. The van der Waals surface area contributed by atoms with E-state index in [1.54, 1.807) is 44.2 Å². The van der Waals surface area contributed by atoms with Crippen LogP contribution in [0.4, 0.5) is 0 Å². The summed E-state index contributed by atoms with van der Waals surface area (Å²) in [5.74, 6) is -0.873. The summed E-state index contributed by atoms with van der Waals surface area (Å²) in [7, 11) is 1.20. The smallest absolute Gasteiger partial charge is 0.348 e. The number of nitrogens with zero attached hydrogens (tertiary/aromatic N) is 1. The first-order chi connectivity index (χ1) is 9.96. The van der Waals surface area contributed by atoms with Gasteiger partial charge in [-0.2, -0.15) is 5.26 Å². The molecule has 0 saturated heterocycles. The van der Waals surface area contributed by atoms with Crippen LogP contribution in [0.1, 0.15) is 19.4 Å². The number of benzene rings is 1. The third-order valence-corrected chi connectivity index (χ3v) is 2.32. The summed E-state index contributed by atoms with van der Waals surface area (Å²) in [6.45, 7) is 3.58. The Morgan fingerprint density at radius 1 is 1.29 bits per heavy atom. The van der Waals surface area contributed by atoms with Crippen LogP contribution >= 0.6 is 0 Å². The zero-order valence-electron chi connectivity index (χ0n) is 12.0. The van der Waals surface area contributed by atoms with Crippen LogP contribution in [0.2, 0.25) is 0 Å². The van der Waals surface area contributed by atoms with E-state index in [1.165, 1.54) is 19.3 Å². The number of methoxy groups -OCH3 is 1. The molecule has 0 aliphatic heterocycles. The van der Waals surface area contributed by atoms with Crippen molar-refractivity contribution in [1.29, 1.82) is 5.26 Å². The molecule has 0 aliphatic rings. The predicted molar refractivity (Wildman–Crippen MR) is 77.1 cm³/mol. The minimum atomic E-state index is -0.718. The maximum atomic E-state index is 11.5. The van der Waals surface area contributed by atoms with Gasteiger partial charge in [0.2, 0.25) is 0 Å². The number of hydrogen-bond donors (Lipinski definition) is 0. The maximum Gasteiger partial charge on any atom is 0.348 e. The average molecular weight is 285 g/mol. The van der Waals surface area contributed by atoms with Crippen molar-refractivity contribution >= 4 is 18.0 Å². The predicted octanol–water partition coefficient (Wildman–Crippen LogP) is 2.64. The number of rotatable bonds is 4. The van der Waals surface area contributed by atoms with Gasteiger partial charge in [-0.15, -0.1) is 0 Å². The topological polar surface area (TPSA) is 76.4 Å². The molecule has 21 heavy (non-hydrogen) atoms. The summed E-state index contributed by atoms with van der Waals surface area (Å²) in [6.07, 6.45) is 2.74. The molecule has 0 atom stereocenters. The molecule has 0 radical (unpaired) electrons. The third kappa shape index (κ3) is 5.33. The van der Waals surface area contributed by atoms with Crippen molar-refractivity contribution in [2.45, 2.75) is 13.8 Å². The van der Waals surface area contributed by atoms with Gasteiger partial charge in [0, 0.05) is 6.08 Å². The van der Waals surface area contributed by atoms with E-state index in [0.29, 0.717) is 11.3 Å². The van der Waals surface area contributed by atoms with E-state index in [1.807, 2.05) is 0 Å². The van der Waals surface area contributed by atoms with E-state index in [4.69, 9.17) is 10.00 Å². The quantitative estimate of drug-likeness (QED) is 0.368. The van der Waals surface area contributed by atoms with Gasteiger partial charge in [0.1, 0.15) is 17.4 Å². The van der Waals surface area contributed by atoms with E-state index in [2.05, 4.69) is 4.74 Å². The minimum absolute atomic E-state index is 0.134. The second-order valence-corrected chi connectivity index (χ2v) is 4.38. The van der Waals surface area contributed by atoms with E-state index in [9.17, 15) is 9.59 Å². The highest BCUT2D eigenvalue weighted by Crippen LogP contribution is 2.16. The second-order valence-electron chi connectivity index (χ2n) is 4.38. The SMILES string of the molecule is COC(=O)/C(C#N)=C/c1cccc(OC(=O)C=C(C)C)c1. The normalized spacial score (nSPS) is 10.3. The van der Waals surface area contributed by atoms with Gasteiger partial charge in [-0.1, -0.05) is 17.7 Å². The Balaban J connectivity index is 2.99. The number of hydrogen-bond acceptors (Lipinski definition) is 5. The van der Waals surface area contributed by atoms with Crippen LogP contribution in [0.15, 0.2) is 41.5 Å². The zero-order valence-corrected chi connectivity index (χ0v) is 12.0. The molecule has 1 rings (SSSR count). The van der Waals surface area contributed by atoms with Gasteiger partial charge in [-0.05, 0) is 37.6 Å². The minimum Gasteiger partial charge on any atom is -0.465 e. The number of nitriles is 1. The number of allylic oxidation sites excluding steroid dienone is 1. The molecule has 0 heterocycles. The van der Waals surface area contributed by atoms with E-state index in [0.717, 1.165) is 5.57 Å². The Kier molecular flexibility index (Phi) is 5.90. The van der Waals surface area contributed by atoms with E-state index in [-0.39, 0.29) is 5.57 Å². The molecule has 108 valence electrons. The molecule has 0 aromatic heterocycles. The molecular weight excluding hydrogens is 270 g/mol. The van der Waals surface area contributed by atoms with Crippen LogP contribution in [0.3, 0.4) is 0 Å². The lowest BCUT2D eigenvalue weighted by molar-refractivity contribution is -0.135. The summed E-state index contributed by atoms with van der Waals surface area (Å²) in [6, 6.07) is 8.25. The maximum absolute atomic E-state index is 11.5. The Morgan fingerprint density at radius 3 is 2.57 bits per heavy atom. The van der Waals surface area contributed by atoms with Crippen LogP contribution in [-0.2, 0) is 14.3 Å². The molecule has 5 nitrogen and oxygen atoms in total. The van der Waals surface area contributed by atoms with Crippen molar-refractivity contribution in [2.24, 2.45) is 0 Å². The number of carbonyl (C=O) groups excluding carboxylic acids is 2. The molecule has 0 spiro atoms. The molecule has 0 amide bonds. The Hall–Kier alpha value is -2.87. The number of carbonyl (C=O) groups is 2. The van der Waals surface area contributed by atoms with Gasteiger partial charge in [0.25, 0.3) is 0 Å². The fraction of sp³-hybridized carbons (Fsp3) is 0.188. The summed E-state index contributed by atoms with van der Waals surface area (Å²) in [5, 5.41) is 8.89. The molecule has 0 bridgehead atoms. The fourth-order valence-corrected chi connectivity index (χ4v) is 1.46. The highest BCUT2D eigenvalue weighted by molar-refractivity contribution is 5.97. The van der Waals surface area contributed by atoms with Gasteiger partial charge >= 0.3 is 11.9 Å². The Bertz CT molecular complexity index is 646. The second kappa shape index (κ2) is 7.65. The third-order valence-electron chi connectivity index (χ3n) is 2.32.